The normalized spacial score (nSPS) is 26.0. The van der Waals surface area contributed by atoms with Crippen LogP contribution in [-0.4, -0.2) is 11.8 Å². The Bertz CT molecular complexity index is 1150. The van der Waals surface area contributed by atoms with Crippen LogP contribution in [0, 0.1) is 11.8 Å². The molecule has 0 radical (unpaired) electrons. The lowest BCUT2D eigenvalue weighted by Gasteiger charge is -2.45. The highest BCUT2D eigenvalue weighted by Gasteiger charge is 2.62. The number of alkyl halides is 3. The maximum absolute atomic E-state index is 13.7. The highest BCUT2D eigenvalue weighted by Crippen LogP contribution is 2.61. The summed E-state index contributed by atoms with van der Waals surface area (Å²) < 4.78 is 41.0. The molecule has 0 aromatic heterocycles. The summed E-state index contributed by atoms with van der Waals surface area (Å²) in [5.74, 6) is -3.20. The SMILES string of the molecule is O=C1C2C3c4ccccc4C(c4ccccc43)C2C(=O)N1c1ccccc1C(F)(F)F. The number of amides is 2. The molecule has 0 saturated carbocycles. The Morgan fingerprint density at radius 3 is 1.42 bits per heavy atom. The average molecular weight is 419 g/mol. The van der Waals surface area contributed by atoms with Crippen LogP contribution in [0.2, 0.25) is 0 Å². The Morgan fingerprint density at radius 2 is 1.00 bits per heavy atom. The number of carbonyl (C=O) groups is 2. The molecule has 7 rings (SSSR count). The summed E-state index contributed by atoms with van der Waals surface area (Å²) in [5.41, 5.74) is 2.59. The monoisotopic (exact) mass is 419 g/mol. The first-order valence-electron chi connectivity index (χ1n) is 10.1. The molecule has 154 valence electrons. The first-order valence-corrected chi connectivity index (χ1v) is 10.1. The lowest BCUT2D eigenvalue weighted by molar-refractivity contribution is -0.137. The number of hydrogen-bond donors (Lipinski definition) is 0. The number of benzene rings is 3. The van der Waals surface area contributed by atoms with E-state index in [0.717, 1.165) is 33.2 Å². The van der Waals surface area contributed by atoms with Crippen LogP contribution in [0.25, 0.3) is 0 Å². The molecule has 31 heavy (non-hydrogen) atoms. The second-order valence-electron chi connectivity index (χ2n) is 8.29. The van der Waals surface area contributed by atoms with E-state index >= 15 is 0 Å². The van der Waals surface area contributed by atoms with Crippen LogP contribution in [-0.2, 0) is 15.8 Å². The number of carbonyl (C=O) groups excluding carboxylic acids is 2. The van der Waals surface area contributed by atoms with E-state index in [1.54, 1.807) is 0 Å². The molecular formula is C25H16F3NO2. The van der Waals surface area contributed by atoms with Crippen LogP contribution in [0.5, 0.6) is 0 Å². The zero-order valence-electron chi connectivity index (χ0n) is 16.1. The minimum absolute atomic E-state index is 0.345. The highest BCUT2D eigenvalue weighted by atomic mass is 19.4. The smallest absolute Gasteiger partial charge is 0.274 e. The third-order valence-electron chi connectivity index (χ3n) is 6.90. The Labute approximate surface area is 176 Å². The van der Waals surface area contributed by atoms with Gasteiger partial charge in [0, 0.05) is 11.8 Å². The number of hydrogen-bond acceptors (Lipinski definition) is 2. The number of rotatable bonds is 1. The van der Waals surface area contributed by atoms with Crippen molar-refractivity contribution in [2.75, 3.05) is 4.90 Å². The maximum atomic E-state index is 13.7. The second kappa shape index (κ2) is 6.06. The predicted molar refractivity (Wildman–Crippen MR) is 107 cm³/mol. The molecule has 4 aliphatic rings. The summed E-state index contributed by atoms with van der Waals surface area (Å²) in [6.07, 6.45) is -4.67. The largest absolute Gasteiger partial charge is 0.418 e. The second-order valence-corrected chi connectivity index (χ2v) is 8.29. The first kappa shape index (κ1) is 18.4. The van der Waals surface area contributed by atoms with Gasteiger partial charge in [-0.1, -0.05) is 60.7 Å². The molecule has 1 aliphatic heterocycles. The number of imide groups is 1. The Morgan fingerprint density at radius 1 is 0.613 bits per heavy atom. The van der Waals surface area contributed by atoms with Gasteiger partial charge in [-0.3, -0.25) is 9.59 Å². The minimum atomic E-state index is -4.67. The van der Waals surface area contributed by atoms with Gasteiger partial charge in [-0.05, 0) is 34.4 Å². The number of para-hydroxylation sites is 1. The van der Waals surface area contributed by atoms with Crippen LogP contribution in [0.15, 0.2) is 72.8 Å². The summed E-state index contributed by atoms with van der Waals surface area (Å²) >= 11 is 0. The zero-order valence-corrected chi connectivity index (χ0v) is 16.1. The van der Waals surface area contributed by atoms with E-state index in [-0.39, 0.29) is 17.5 Å². The van der Waals surface area contributed by atoms with Gasteiger partial charge in [-0.25, -0.2) is 4.90 Å². The molecule has 3 aliphatic carbocycles. The van der Waals surface area contributed by atoms with Crippen molar-refractivity contribution in [3.63, 3.8) is 0 Å². The topological polar surface area (TPSA) is 37.4 Å². The maximum Gasteiger partial charge on any atom is 0.418 e. The van der Waals surface area contributed by atoms with Crippen molar-refractivity contribution < 1.29 is 22.8 Å². The fraction of sp³-hybridized carbons (Fsp3) is 0.200. The van der Waals surface area contributed by atoms with Crippen molar-refractivity contribution in [1.29, 1.82) is 0 Å². The average Bonchev–Trinajstić information content (AvgIpc) is 3.04. The fourth-order valence-electron chi connectivity index (χ4n) is 5.82. The van der Waals surface area contributed by atoms with Crippen LogP contribution < -0.4 is 4.90 Å². The summed E-state index contributed by atoms with van der Waals surface area (Å²) in [5, 5.41) is 0. The van der Waals surface area contributed by atoms with Gasteiger partial charge >= 0.3 is 6.18 Å². The third-order valence-corrected chi connectivity index (χ3v) is 6.90. The van der Waals surface area contributed by atoms with Crippen LogP contribution in [0.4, 0.5) is 18.9 Å². The minimum Gasteiger partial charge on any atom is -0.274 e. The molecule has 3 aromatic rings. The van der Waals surface area contributed by atoms with Crippen molar-refractivity contribution in [2.45, 2.75) is 18.0 Å². The Kier molecular flexibility index (Phi) is 3.59. The van der Waals surface area contributed by atoms with E-state index in [4.69, 9.17) is 0 Å². The summed E-state index contributed by atoms with van der Waals surface area (Å²) in [6.45, 7) is 0. The van der Waals surface area contributed by atoms with Crippen molar-refractivity contribution in [3.8, 4) is 0 Å². The van der Waals surface area contributed by atoms with Crippen molar-refractivity contribution in [1.82, 2.24) is 0 Å². The molecule has 2 bridgehead atoms. The van der Waals surface area contributed by atoms with Crippen LogP contribution in [0.3, 0.4) is 0 Å². The molecule has 0 spiro atoms. The molecule has 3 aromatic carbocycles. The Balaban J connectivity index is 1.56. The Hall–Kier alpha value is -3.41. The van der Waals surface area contributed by atoms with Gasteiger partial charge in [-0.2, -0.15) is 13.2 Å². The van der Waals surface area contributed by atoms with Crippen molar-refractivity contribution in [2.24, 2.45) is 11.8 Å². The number of anilines is 1. The predicted octanol–water partition coefficient (Wildman–Crippen LogP) is 5.10. The van der Waals surface area contributed by atoms with Gasteiger partial charge in [0.05, 0.1) is 23.1 Å². The molecule has 3 nitrogen and oxygen atoms in total. The first-order chi connectivity index (χ1) is 14.9. The lowest BCUT2D eigenvalue weighted by Crippen LogP contribution is -2.41. The zero-order chi connectivity index (χ0) is 21.5. The number of nitrogens with zero attached hydrogens (tertiary/aromatic N) is 1. The lowest BCUT2D eigenvalue weighted by atomic mass is 9.55. The molecule has 1 heterocycles. The summed E-state index contributed by atoms with van der Waals surface area (Å²) in [6, 6.07) is 20.2. The molecule has 0 N–H and O–H groups in total. The summed E-state index contributed by atoms with van der Waals surface area (Å²) in [4.78, 5) is 27.9. The molecule has 2 amide bonds. The van der Waals surface area contributed by atoms with Gasteiger partial charge < -0.3 is 0 Å². The van der Waals surface area contributed by atoms with Gasteiger partial charge in [0.15, 0.2) is 0 Å². The van der Waals surface area contributed by atoms with E-state index < -0.39 is 35.4 Å². The van der Waals surface area contributed by atoms with Gasteiger partial charge in [0.1, 0.15) is 0 Å². The molecule has 2 atom stereocenters. The highest BCUT2D eigenvalue weighted by molar-refractivity contribution is 6.23. The van der Waals surface area contributed by atoms with E-state index in [1.807, 2.05) is 48.5 Å². The quantitative estimate of drug-likeness (QED) is 0.515. The van der Waals surface area contributed by atoms with E-state index in [1.165, 1.54) is 18.2 Å². The van der Waals surface area contributed by atoms with Crippen molar-refractivity contribution >= 4 is 17.5 Å². The van der Waals surface area contributed by atoms with Crippen LogP contribution in [0.1, 0.15) is 39.7 Å². The standard InChI is InChI=1S/C25H16F3NO2/c26-25(27,28)17-11-5-6-12-18(17)29-23(30)21-19-13-7-1-2-8-14(13)20(22(21)24(29)31)16-10-4-3-9-15(16)19/h1-12,19-22H. The summed E-state index contributed by atoms with van der Waals surface area (Å²) in [7, 11) is 0. The molecule has 2 unspecified atom stereocenters. The van der Waals surface area contributed by atoms with Gasteiger partial charge in [-0.15, -0.1) is 0 Å². The van der Waals surface area contributed by atoms with E-state index in [9.17, 15) is 22.8 Å². The van der Waals surface area contributed by atoms with Crippen LogP contribution >= 0.6 is 0 Å². The fourth-order valence-corrected chi connectivity index (χ4v) is 5.82. The van der Waals surface area contributed by atoms with E-state index in [0.29, 0.717) is 0 Å². The molecule has 1 saturated heterocycles. The molecular weight excluding hydrogens is 403 g/mol. The third kappa shape index (κ3) is 2.30. The number of halogens is 3. The van der Waals surface area contributed by atoms with Crippen molar-refractivity contribution in [3.05, 3.63) is 101 Å². The molecule has 6 heteroatoms. The molecule has 1 fully saturated rings. The van der Waals surface area contributed by atoms with E-state index in [2.05, 4.69) is 0 Å². The van der Waals surface area contributed by atoms with Gasteiger partial charge in [0.25, 0.3) is 0 Å². The van der Waals surface area contributed by atoms with Gasteiger partial charge in [0.2, 0.25) is 11.8 Å².